The summed E-state index contributed by atoms with van der Waals surface area (Å²) >= 11 is 0. The lowest BCUT2D eigenvalue weighted by atomic mass is 10.0. The van der Waals surface area contributed by atoms with Gasteiger partial charge in [-0.2, -0.15) is 0 Å². The van der Waals surface area contributed by atoms with Crippen LogP contribution in [0.15, 0.2) is 12.1 Å². The van der Waals surface area contributed by atoms with Gasteiger partial charge in [-0.15, -0.1) is 0 Å². The summed E-state index contributed by atoms with van der Waals surface area (Å²) in [6, 6.07) is 2.89. The second-order valence-electron chi connectivity index (χ2n) is 5.98. The van der Waals surface area contributed by atoms with E-state index in [0.717, 1.165) is 13.1 Å². The first-order chi connectivity index (χ1) is 9.29. The summed E-state index contributed by atoms with van der Waals surface area (Å²) in [6.07, 6.45) is 0. The van der Waals surface area contributed by atoms with E-state index in [1.807, 2.05) is 4.90 Å². The molecule has 0 saturated carbocycles. The average molecular weight is 279 g/mol. The van der Waals surface area contributed by atoms with Crippen LogP contribution in [0.25, 0.3) is 0 Å². The second kappa shape index (κ2) is 5.24. The average Bonchev–Trinajstić information content (AvgIpc) is 2.37. The maximum atomic E-state index is 11.1. The Balaban J connectivity index is 2.18. The SMILES string of the molecule is CC(C)(C)N1CCN(c2nc(N)ccc2[N+](=O)[O-])CC1. The molecule has 0 radical (unpaired) electrons. The van der Waals surface area contributed by atoms with E-state index < -0.39 is 4.92 Å². The van der Waals surface area contributed by atoms with Crippen molar-refractivity contribution in [3.8, 4) is 0 Å². The molecule has 1 aromatic rings. The summed E-state index contributed by atoms with van der Waals surface area (Å²) in [5.41, 5.74) is 5.79. The molecule has 1 fully saturated rings. The number of piperazine rings is 1. The Bertz CT molecular complexity index is 504. The molecule has 1 saturated heterocycles. The van der Waals surface area contributed by atoms with Crippen molar-refractivity contribution < 1.29 is 4.92 Å². The zero-order valence-electron chi connectivity index (χ0n) is 12.2. The van der Waals surface area contributed by atoms with Crippen LogP contribution in [0.5, 0.6) is 0 Å². The maximum absolute atomic E-state index is 11.1. The van der Waals surface area contributed by atoms with Gasteiger partial charge in [-0.05, 0) is 26.8 Å². The zero-order chi connectivity index (χ0) is 14.9. The van der Waals surface area contributed by atoms with Gasteiger partial charge >= 0.3 is 5.69 Å². The standard InChI is InChI=1S/C13H21N5O2/c1-13(2,3)17-8-6-16(7-9-17)12-10(18(19)20)4-5-11(14)15-12/h4-5H,6-9H2,1-3H3,(H2,14,15). The van der Waals surface area contributed by atoms with Crippen molar-refractivity contribution in [3.05, 3.63) is 22.2 Å². The zero-order valence-corrected chi connectivity index (χ0v) is 12.2. The first-order valence-corrected chi connectivity index (χ1v) is 6.70. The highest BCUT2D eigenvalue weighted by atomic mass is 16.6. The summed E-state index contributed by atoms with van der Waals surface area (Å²) in [7, 11) is 0. The van der Waals surface area contributed by atoms with Gasteiger partial charge in [-0.3, -0.25) is 15.0 Å². The van der Waals surface area contributed by atoms with Gasteiger partial charge in [0.25, 0.3) is 0 Å². The van der Waals surface area contributed by atoms with Gasteiger partial charge in [0.2, 0.25) is 5.82 Å². The Hall–Kier alpha value is -1.89. The molecule has 2 rings (SSSR count). The van der Waals surface area contributed by atoms with Crippen LogP contribution in [-0.4, -0.2) is 46.5 Å². The van der Waals surface area contributed by atoms with Crippen molar-refractivity contribution >= 4 is 17.3 Å². The molecule has 7 heteroatoms. The van der Waals surface area contributed by atoms with E-state index in [9.17, 15) is 10.1 Å². The Morgan fingerprint density at radius 2 is 1.85 bits per heavy atom. The number of nitrogen functional groups attached to an aromatic ring is 1. The maximum Gasteiger partial charge on any atom is 0.311 e. The number of nitro groups is 1. The van der Waals surface area contributed by atoms with Gasteiger partial charge in [0.05, 0.1) is 4.92 Å². The fourth-order valence-electron chi connectivity index (χ4n) is 2.42. The van der Waals surface area contributed by atoms with Crippen LogP contribution >= 0.6 is 0 Å². The molecule has 110 valence electrons. The van der Waals surface area contributed by atoms with Gasteiger partial charge in [-0.1, -0.05) is 0 Å². The highest BCUT2D eigenvalue weighted by molar-refractivity contribution is 5.61. The molecule has 2 N–H and O–H groups in total. The van der Waals surface area contributed by atoms with Crippen molar-refractivity contribution in [1.29, 1.82) is 0 Å². The van der Waals surface area contributed by atoms with Crippen molar-refractivity contribution in [3.63, 3.8) is 0 Å². The normalized spacial score (nSPS) is 17.2. The van der Waals surface area contributed by atoms with E-state index in [2.05, 4.69) is 30.7 Å². The topological polar surface area (TPSA) is 88.5 Å². The molecule has 0 unspecified atom stereocenters. The lowest BCUT2D eigenvalue weighted by Crippen LogP contribution is -2.53. The third kappa shape index (κ3) is 2.98. The summed E-state index contributed by atoms with van der Waals surface area (Å²) < 4.78 is 0. The molecule has 0 aliphatic carbocycles. The van der Waals surface area contributed by atoms with Crippen LogP contribution in [-0.2, 0) is 0 Å². The van der Waals surface area contributed by atoms with Crippen LogP contribution in [0.4, 0.5) is 17.3 Å². The van der Waals surface area contributed by atoms with E-state index in [4.69, 9.17) is 5.73 Å². The fraction of sp³-hybridized carbons (Fsp3) is 0.615. The Labute approximate surface area is 118 Å². The Morgan fingerprint density at radius 3 is 2.35 bits per heavy atom. The molecule has 1 aliphatic heterocycles. The largest absolute Gasteiger partial charge is 0.384 e. The molecular weight excluding hydrogens is 258 g/mol. The minimum atomic E-state index is -0.405. The van der Waals surface area contributed by atoms with Crippen LogP contribution < -0.4 is 10.6 Å². The molecule has 0 bridgehead atoms. The predicted molar refractivity (Wildman–Crippen MR) is 78.8 cm³/mol. The Morgan fingerprint density at radius 1 is 1.25 bits per heavy atom. The van der Waals surface area contributed by atoms with Crippen LogP contribution in [0.3, 0.4) is 0 Å². The highest BCUT2D eigenvalue weighted by Crippen LogP contribution is 2.28. The number of nitrogens with two attached hydrogens (primary N) is 1. The molecule has 7 nitrogen and oxygen atoms in total. The minimum absolute atomic E-state index is 0.0170. The third-order valence-electron chi connectivity index (χ3n) is 3.60. The van der Waals surface area contributed by atoms with Crippen LogP contribution in [0.2, 0.25) is 0 Å². The predicted octanol–water partition coefficient (Wildman–Crippen LogP) is 1.49. The number of hydrogen-bond donors (Lipinski definition) is 1. The van der Waals surface area contributed by atoms with E-state index in [-0.39, 0.29) is 11.2 Å². The fourth-order valence-corrected chi connectivity index (χ4v) is 2.42. The number of pyridine rings is 1. The monoisotopic (exact) mass is 279 g/mol. The lowest BCUT2D eigenvalue weighted by molar-refractivity contribution is -0.384. The minimum Gasteiger partial charge on any atom is -0.384 e. The number of rotatable bonds is 2. The molecule has 0 aromatic carbocycles. The first kappa shape index (κ1) is 14.5. The van der Waals surface area contributed by atoms with Crippen molar-refractivity contribution in [1.82, 2.24) is 9.88 Å². The second-order valence-corrected chi connectivity index (χ2v) is 5.98. The molecule has 1 aromatic heterocycles. The number of aromatic nitrogens is 1. The van der Waals surface area contributed by atoms with Gasteiger partial charge < -0.3 is 10.6 Å². The molecule has 0 spiro atoms. The number of hydrogen-bond acceptors (Lipinski definition) is 6. The molecule has 2 heterocycles. The molecule has 20 heavy (non-hydrogen) atoms. The van der Waals surface area contributed by atoms with Crippen molar-refractivity contribution in [2.45, 2.75) is 26.3 Å². The van der Waals surface area contributed by atoms with Gasteiger partial charge in [0.15, 0.2) is 0 Å². The Kier molecular flexibility index (Phi) is 3.80. The van der Waals surface area contributed by atoms with Gasteiger partial charge in [0, 0.05) is 37.8 Å². The lowest BCUT2D eigenvalue weighted by Gasteiger charge is -2.42. The molecule has 1 aliphatic rings. The summed E-state index contributed by atoms with van der Waals surface area (Å²) in [5, 5.41) is 11.1. The molecular formula is C13H21N5O2. The van der Waals surface area contributed by atoms with Crippen molar-refractivity contribution in [2.75, 3.05) is 36.8 Å². The first-order valence-electron chi connectivity index (χ1n) is 6.70. The van der Waals surface area contributed by atoms with E-state index >= 15 is 0 Å². The summed E-state index contributed by atoms with van der Waals surface area (Å²) in [6.45, 7) is 9.66. The van der Waals surface area contributed by atoms with Crippen LogP contribution in [0, 0.1) is 10.1 Å². The number of nitrogens with zero attached hydrogens (tertiary/aromatic N) is 4. The summed E-state index contributed by atoms with van der Waals surface area (Å²) in [5.74, 6) is 0.687. The number of anilines is 2. The molecule has 0 atom stereocenters. The summed E-state index contributed by atoms with van der Waals surface area (Å²) in [4.78, 5) is 19.1. The van der Waals surface area contributed by atoms with E-state index in [0.29, 0.717) is 24.7 Å². The quantitative estimate of drug-likeness (QED) is 0.652. The van der Waals surface area contributed by atoms with Crippen molar-refractivity contribution in [2.24, 2.45) is 0 Å². The van der Waals surface area contributed by atoms with Gasteiger partial charge in [-0.25, -0.2) is 4.98 Å². The third-order valence-corrected chi connectivity index (χ3v) is 3.60. The van der Waals surface area contributed by atoms with E-state index in [1.165, 1.54) is 12.1 Å². The highest BCUT2D eigenvalue weighted by Gasteiger charge is 2.29. The van der Waals surface area contributed by atoms with Gasteiger partial charge in [0.1, 0.15) is 5.82 Å². The van der Waals surface area contributed by atoms with Crippen LogP contribution in [0.1, 0.15) is 20.8 Å². The molecule has 0 amide bonds. The smallest absolute Gasteiger partial charge is 0.311 e. The van der Waals surface area contributed by atoms with E-state index in [1.54, 1.807) is 0 Å².